The number of likely N-dealkylation sites (N-methyl/N-ethyl adjacent to an activating group) is 1. The number of hydrogen-bond acceptors (Lipinski definition) is 3. The van der Waals surface area contributed by atoms with Crippen molar-refractivity contribution in [2.45, 2.75) is 4.90 Å². The molecular formula is C15H15NO4S. The number of sulfonamides is 1. The molecule has 0 radical (unpaired) electrons. The Bertz CT molecular complexity index is 724. The summed E-state index contributed by atoms with van der Waals surface area (Å²) < 4.78 is 25.2. The van der Waals surface area contributed by atoms with E-state index in [2.05, 4.69) is 0 Å². The van der Waals surface area contributed by atoms with Gasteiger partial charge in [0.1, 0.15) is 6.54 Å². The topological polar surface area (TPSA) is 74.7 Å². The molecule has 2 aromatic rings. The zero-order valence-corrected chi connectivity index (χ0v) is 12.2. The molecule has 1 N–H and O–H groups in total. The summed E-state index contributed by atoms with van der Waals surface area (Å²) in [6.07, 6.45) is 0. The highest BCUT2D eigenvalue weighted by atomic mass is 32.2. The number of carbonyl (C=O) groups is 1. The Morgan fingerprint density at radius 3 is 2.05 bits per heavy atom. The molecule has 0 amide bonds. The van der Waals surface area contributed by atoms with Crippen molar-refractivity contribution in [2.75, 3.05) is 13.6 Å². The molecule has 5 nitrogen and oxygen atoms in total. The van der Waals surface area contributed by atoms with Crippen LogP contribution < -0.4 is 0 Å². The standard InChI is InChI=1S/C15H15NO4S/c1-16(11-15(17)18)21(19,20)14-9-7-13(8-10-14)12-5-3-2-4-6-12/h2-10H,11H2,1H3,(H,17,18). The van der Waals surface area contributed by atoms with E-state index in [1.165, 1.54) is 19.2 Å². The molecule has 6 heteroatoms. The second-order valence-corrected chi connectivity index (χ2v) is 6.59. The smallest absolute Gasteiger partial charge is 0.318 e. The van der Waals surface area contributed by atoms with Crippen LogP contribution in [0.15, 0.2) is 59.5 Å². The van der Waals surface area contributed by atoms with Gasteiger partial charge in [-0.05, 0) is 23.3 Å². The molecule has 0 unspecified atom stereocenters. The first-order chi connectivity index (χ1) is 9.91. The third-order valence-corrected chi connectivity index (χ3v) is 4.85. The highest BCUT2D eigenvalue weighted by Crippen LogP contribution is 2.22. The Morgan fingerprint density at radius 2 is 1.52 bits per heavy atom. The summed E-state index contributed by atoms with van der Waals surface area (Å²) in [5, 5.41) is 8.68. The summed E-state index contributed by atoms with van der Waals surface area (Å²) in [6.45, 7) is -0.567. The second kappa shape index (κ2) is 6.07. The van der Waals surface area contributed by atoms with Crippen molar-refractivity contribution in [3.05, 3.63) is 54.6 Å². The maximum absolute atomic E-state index is 12.2. The molecule has 0 aliphatic rings. The van der Waals surface area contributed by atoms with E-state index >= 15 is 0 Å². The predicted molar refractivity (Wildman–Crippen MR) is 79.3 cm³/mol. The second-order valence-electron chi connectivity index (χ2n) is 4.55. The molecule has 0 heterocycles. The zero-order valence-electron chi connectivity index (χ0n) is 11.4. The lowest BCUT2D eigenvalue weighted by molar-refractivity contribution is -0.137. The SMILES string of the molecule is CN(CC(=O)O)S(=O)(=O)c1ccc(-c2ccccc2)cc1. The van der Waals surface area contributed by atoms with Gasteiger partial charge in [-0.15, -0.1) is 0 Å². The summed E-state index contributed by atoms with van der Waals surface area (Å²) in [4.78, 5) is 10.7. The first kappa shape index (κ1) is 15.2. The Hall–Kier alpha value is -2.18. The summed E-state index contributed by atoms with van der Waals surface area (Å²) in [5.74, 6) is -1.19. The van der Waals surface area contributed by atoms with Crippen LogP contribution in [0.5, 0.6) is 0 Å². The van der Waals surface area contributed by atoms with Crippen LogP contribution in [-0.4, -0.2) is 37.4 Å². The van der Waals surface area contributed by atoms with Gasteiger partial charge in [-0.1, -0.05) is 42.5 Å². The number of aliphatic carboxylic acids is 1. The maximum atomic E-state index is 12.2. The lowest BCUT2D eigenvalue weighted by Crippen LogP contribution is -2.31. The first-order valence-corrected chi connectivity index (χ1v) is 7.69. The highest BCUT2D eigenvalue weighted by Gasteiger charge is 2.22. The van der Waals surface area contributed by atoms with E-state index in [0.717, 1.165) is 15.4 Å². The van der Waals surface area contributed by atoms with Crippen LogP contribution in [0.2, 0.25) is 0 Å². The van der Waals surface area contributed by atoms with Gasteiger partial charge in [-0.25, -0.2) is 8.42 Å². The number of benzene rings is 2. The van der Waals surface area contributed by atoms with Gasteiger partial charge in [0.15, 0.2) is 0 Å². The van der Waals surface area contributed by atoms with E-state index in [1.54, 1.807) is 12.1 Å². The largest absolute Gasteiger partial charge is 0.480 e. The van der Waals surface area contributed by atoms with E-state index in [1.807, 2.05) is 30.3 Å². The fourth-order valence-electron chi connectivity index (χ4n) is 1.91. The Labute approximate surface area is 123 Å². The van der Waals surface area contributed by atoms with Crippen LogP contribution in [0.25, 0.3) is 11.1 Å². The van der Waals surface area contributed by atoms with E-state index in [9.17, 15) is 13.2 Å². The van der Waals surface area contributed by atoms with Gasteiger partial charge in [-0.2, -0.15) is 4.31 Å². The van der Waals surface area contributed by atoms with Crippen LogP contribution in [0.1, 0.15) is 0 Å². The minimum absolute atomic E-state index is 0.0749. The molecule has 0 aromatic heterocycles. The van der Waals surface area contributed by atoms with Crippen LogP contribution in [-0.2, 0) is 14.8 Å². The normalized spacial score (nSPS) is 11.5. The van der Waals surface area contributed by atoms with Gasteiger partial charge in [0.2, 0.25) is 10.0 Å². The summed E-state index contributed by atoms with van der Waals surface area (Å²) >= 11 is 0. The molecule has 0 saturated heterocycles. The predicted octanol–water partition coefficient (Wildman–Crippen LogP) is 2.06. The molecule has 0 saturated carbocycles. The van der Waals surface area contributed by atoms with Crippen molar-refractivity contribution in [2.24, 2.45) is 0 Å². The van der Waals surface area contributed by atoms with E-state index in [4.69, 9.17) is 5.11 Å². The van der Waals surface area contributed by atoms with Crippen molar-refractivity contribution >= 4 is 16.0 Å². The number of nitrogens with zero attached hydrogens (tertiary/aromatic N) is 1. The quantitative estimate of drug-likeness (QED) is 0.917. The monoisotopic (exact) mass is 305 g/mol. The van der Waals surface area contributed by atoms with Gasteiger partial charge in [0, 0.05) is 7.05 Å². The maximum Gasteiger partial charge on any atom is 0.318 e. The lowest BCUT2D eigenvalue weighted by atomic mass is 10.1. The van der Waals surface area contributed by atoms with Crippen LogP contribution in [0.3, 0.4) is 0 Å². The van der Waals surface area contributed by atoms with E-state index in [-0.39, 0.29) is 4.90 Å². The van der Waals surface area contributed by atoms with Crippen molar-refractivity contribution < 1.29 is 18.3 Å². The number of rotatable bonds is 5. The summed E-state index contributed by atoms with van der Waals surface area (Å²) in [7, 11) is -2.54. The van der Waals surface area contributed by atoms with Crippen molar-refractivity contribution in [1.82, 2.24) is 4.31 Å². The minimum Gasteiger partial charge on any atom is -0.480 e. The van der Waals surface area contributed by atoms with Crippen LogP contribution >= 0.6 is 0 Å². The Morgan fingerprint density at radius 1 is 1.00 bits per heavy atom. The summed E-state index contributed by atoms with van der Waals surface area (Å²) in [6, 6.07) is 15.9. The van der Waals surface area contributed by atoms with Gasteiger partial charge in [0.25, 0.3) is 0 Å². The molecule has 0 bridgehead atoms. The van der Waals surface area contributed by atoms with Crippen LogP contribution in [0.4, 0.5) is 0 Å². The molecule has 0 spiro atoms. The third kappa shape index (κ3) is 3.48. The molecule has 0 aliphatic heterocycles. The average Bonchev–Trinajstić information content (AvgIpc) is 2.47. The van der Waals surface area contributed by atoms with Gasteiger partial charge >= 0.3 is 5.97 Å². The third-order valence-electron chi connectivity index (χ3n) is 3.03. The number of carboxylic acids is 1. The molecule has 21 heavy (non-hydrogen) atoms. The molecule has 0 fully saturated rings. The van der Waals surface area contributed by atoms with Gasteiger partial charge < -0.3 is 5.11 Å². The molecule has 2 rings (SSSR count). The van der Waals surface area contributed by atoms with Crippen molar-refractivity contribution in [3.8, 4) is 11.1 Å². The molecular weight excluding hydrogens is 290 g/mol. The summed E-state index contributed by atoms with van der Waals surface area (Å²) in [5.41, 5.74) is 1.88. The lowest BCUT2D eigenvalue weighted by Gasteiger charge is -2.15. The first-order valence-electron chi connectivity index (χ1n) is 6.25. The Balaban J connectivity index is 2.28. The fourth-order valence-corrected chi connectivity index (χ4v) is 3.03. The van der Waals surface area contributed by atoms with Crippen molar-refractivity contribution in [1.29, 1.82) is 0 Å². The van der Waals surface area contributed by atoms with E-state index < -0.39 is 22.5 Å². The van der Waals surface area contributed by atoms with Gasteiger partial charge in [-0.3, -0.25) is 4.79 Å². The van der Waals surface area contributed by atoms with Crippen molar-refractivity contribution in [3.63, 3.8) is 0 Å². The molecule has 0 aliphatic carbocycles. The highest BCUT2D eigenvalue weighted by molar-refractivity contribution is 7.89. The number of hydrogen-bond donors (Lipinski definition) is 1. The van der Waals surface area contributed by atoms with Gasteiger partial charge in [0.05, 0.1) is 4.90 Å². The molecule has 0 atom stereocenters. The molecule has 2 aromatic carbocycles. The Kier molecular flexibility index (Phi) is 4.40. The fraction of sp³-hybridized carbons (Fsp3) is 0.133. The zero-order chi connectivity index (χ0) is 15.5. The minimum atomic E-state index is -3.78. The van der Waals surface area contributed by atoms with Crippen LogP contribution in [0, 0.1) is 0 Å². The molecule has 110 valence electrons. The average molecular weight is 305 g/mol. The number of carboxylic acid groups (broad SMARTS) is 1. The van der Waals surface area contributed by atoms with E-state index in [0.29, 0.717) is 0 Å².